The fourth-order valence-electron chi connectivity index (χ4n) is 12.7. The minimum absolute atomic E-state index is 0.00410. The lowest BCUT2D eigenvalue weighted by Gasteiger charge is -2.30. The summed E-state index contributed by atoms with van der Waals surface area (Å²) in [5.41, 5.74) is 13.3. The molecule has 24 N–H and O–H groups in total. The number of para-hydroxylation sites is 2. The number of aromatic amines is 2. The van der Waals surface area contributed by atoms with Gasteiger partial charge in [-0.3, -0.25) is 86.3 Å². The van der Waals surface area contributed by atoms with E-state index in [1.807, 2.05) is 10.6 Å². The Labute approximate surface area is 676 Å². The first-order valence-electron chi connectivity index (χ1n) is 38.6. The SMILES string of the molecule is CCC(C)CCCCCCCCC(=O)NC(Cc1c[nH]c2ccccc12)C(=O)NC(CC(N)=O)C(=O)NC(CC(=O)O)C(=O)NC1C(=O)NCC(=O)NC(CCCN)C(=O)NC(CC(=O)O)C(=O)NC(C)C(=O)NC(CC(=O)O)C(=O)NCC(=O)NC(CO)C(=O)NC(C(C)CC(=O)O)C(=O)NC(Cc2c[nH]c3ccccc23)C(=O)OC1C. The summed E-state index contributed by atoms with van der Waals surface area (Å²) in [6.45, 7) is 3.72. The number of nitrogens with two attached hydrogens (primary N) is 2. The number of carboxylic acid groups (broad SMARTS) is 4. The summed E-state index contributed by atoms with van der Waals surface area (Å²) in [4.78, 5) is 266. The molecule has 14 atom stereocenters. The maximum atomic E-state index is 15.0. The summed E-state index contributed by atoms with van der Waals surface area (Å²) in [7, 11) is 0. The van der Waals surface area contributed by atoms with Gasteiger partial charge < -0.3 is 121 Å². The summed E-state index contributed by atoms with van der Waals surface area (Å²) >= 11 is 0. The average molecular weight is 1660 g/mol. The van der Waals surface area contributed by atoms with Gasteiger partial charge in [-0.1, -0.05) is 102 Å². The van der Waals surface area contributed by atoms with Gasteiger partial charge in [0, 0.05) is 53.5 Å². The molecule has 0 radical (unpaired) electrons. The van der Waals surface area contributed by atoms with Crippen LogP contribution >= 0.6 is 0 Å². The molecule has 14 unspecified atom stereocenters. The summed E-state index contributed by atoms with van der Waals surface area (Å²) in [5.74, 6) is -27.0. The van der Waals surface area contributed by atoms with Gasteiger partial charge in [-0.2, -0.15) is 0 Å². The topological polar surface area (TPSA) is 675 Å². The second-order valence-electron chi connectivity index (χ2n) is 28.9. The number of benzene rings is 2. The van der Waals surface area contributed by atoms with Crippen molar-refractivity contribution in [2.45, 2.75) is 223 Å². The molecule has 1 fully saturated rings. The lowest BCUT2D eigenvalue weighted by molar-refractivity contribution is -0.156. The Morgan fingerprint density at radius 3 is 1.61 bits per heavy atom. The largest absolute Gasteiger partial charge is 0.481 e. The third-order valence-corrected chi connectivity index (χ3v) is 19.4. The first-order valence-corrected chi connectivity index (χ1v) is 38.6. The van der Waals surface area contributed by atoms with Gasteiger partial charge in [0.1, 0.15) is 72.6 Å². The zero-order valence-corrected chi connectivity index (χ0v) is 66.0. The molecule has 0 aliphatic carbocycles. The third-order valence-electron chi connectivity index (χ3n) is 19.4. The summed E-state index contributed by atoms with van der Waals surface area (Å²) in [6, 6.07) is -8.42. The number of fused-ring (bicyclic) bond motifs is 2. The first kappa shape index (κ1) is 96.0. The third kappa shape index (κ3) is 31.9. The molecule has 5 rings (SSSR count). The van der Waals surface area contributed by atoms with Crippen molar-refractivity contribution in [3.05, 3.63) is 72.1 Å². The van der Waals surface area contributed by atoms with Gasteiger partial charge in [-0.15, -0.1) is 0 Å². The van der Waals surface area contributed by atoms with Crippen LogP contribution < -0.4 is 80.6 Å². The summed E-state index contributed by atoms with van der Waals surface area (Å²) in [5, 5.41) is 80.1. The lowest BCUT2D eigenvalue weighted by atomic mass is 9.96. The number of carbonyl (C=O) groups is 19. The number of aromatic nitrogens is 2. The molecule has 0 saturated carbocycles. The van der Waals surface area contributed by atoms with Crippen LogP contribution in [0.5, 0.6) is 0 Å². The molecule has 2 aromatic carbocycles. The van der Waals surface area contributed by atoms with E-state index in [0.717, 1.165) is 52.4 Å². The number of hydrogen-bond acceptors (Lipinski definition) is 22. The second kappa shape index (κ2) is 48.0. The van der Waals surface area contributed by atoms with Gasteiger partial charge in [0.2, 0.25) is 82.7 Å². The Morgan fingerprint density at radius 2 is 1.03 bits per heavy atom. The predicted octanol–water partition coefficient (Wildman–Crippen LogP) is -3.73. The fourth-order valence-corrected chi connectivity index (χ4v) is 12.7. The Bertz CT molecular complexity index is 4260. The van der Waals surface area contributed by atoms with Crippen molar-refractivity contribution in [1.29, 1.82) is 0 Å². The van der Waals surface area contributed by atoms with Crippen LogP contribution in [0.4, 0.5) is 0 Å². The molecule has 14 amide bonds. The van der Waals surface area contributed by atoms with Crippen molar-refractivity contribution in [3.63, 3.8) is 0 Å². The van der Waals surface area contributed by atoms with E-state index in [9.17, 15) is 112 Å². The van der Waals surface area contributed by atoms with Gasteiger partial charge in [0.05, 0.1) is 51.8 Å². The number of carbonyl (C=O) groups excluding carboxylic acids is 15. The first-order chi connectivity index (χ1) is 55.9. The molecule has 42 heteroatoms. The average Bonchev–Trinajstić information content (AvgIpc) is 1.61. The molecule has 118 heavy (non-hydrogen) atoms. The van der Waals surface area contributed by atoms with Crippen LogP contribution in [-0.2, 0) is 109 Å². The molecule has 3 heterocycles. The number of unbranched alkanes of at least 4 members (excludes halogenated alkanes) is 5. The number of hydrogen-bond donors (Lipinski definition) is 22. The van der Waals surface area contributed by atoms with Crippen LogP contribution in [-0.4, -0.2) is 247 Å². The number of nitrogens with one attached hydrogen (secondary N) is 15. The number of aliphatic hydroxyl groups is 1. The number of aliphatic hydroxyl groups excluding tert-OH is 1. The monoisotopic (exact) mass is 1660 g/mol. The molecule has 646 valence electrons. The standard InChI is InChI=1S/C76H107N17O25/c1-6-38(2)18-11-9-7-8-10-12-24-57(96)85-49(27-42-33-79-46-21-15-13-19-44(42)46)70(111)88-50(29-56(78)95)71(112)90-53(32-63(105)106)72(113)93-65-41(5)118-76(117)54(28-43-34-80-47-22-16-14-20-45(43)47)91-75(116)64(39(3)26-60(99)100)92-73(114)55(37-94)86-59(98)35-81-67(108)51(30-61(101)102)87-66(107)40(4)83-69(110)52(31-62(103)104)89-68(109)48(23-17-25-77)84-58(97)36-82-74(65)115/h13-16,19-22,33-34,38-41,48-55,64-65,79-80,94H,6-12,17-18,23-32,35-37,77H2,1-5H3,(H2,78,95)(H,81,108)(H,82,115)(H,83,110)(H,84,97)(H,85,96)(H,86,98)(H,87,107)(H,88,111)(H,89,109)(H,90,112)(H,91,116)(H,92,114)(H,93,113)(H,99,100)(H,101,102)(H,103,104)(H,105,106). The molecule has 1 aliphatic heterocycles. The summed E-state index contributed by atoms with van der Waals surface area (Å²) in [6.07, 6.45) is 1.34. The Morgan fingerprint density at radius 1 is 0.525 bits per heavy atom. The number of carboxylic acids is 4. The highest BCUT2D eigenvalue weighted by Crippen LogP contribution is 2.23. The minimum atomic E-state index is -2.36. The number of cyclic esters (lactones) is 1. The maximum Gasteiger partial charge on any atom is 0.329 e. The highest BCUT2D eigenvalue weighted by atomic mass is 16.5. The van der Waals surface area contributed by atoms with Gasteiger partial charge in [0.15, 0.2) is 0 Å². The second-order valence-corrected chi connectivity index (χ2v) is 28.9. The number of ether oxygens (including phenoxy) is 1. The van der Waals surface area contributed by atoms with E-state index in [1.165, 1.54) is 13.1 Å². The van der Waals surface area contributed by atoms with Gasteiger partial charge in [0.25, 0.3) is 0 Å². The highest BCUT2D eigenvalue weighted by Gasteiger charge is 2.41. The maximum absolute atomic E-state index is 15.0. The lowest BCUT2D eigenvalue weighted by Crippen LogP contribution is -2.62. The van der Waals surface area contributed by atoms with Gasteiger partial charge >= 0.3 is 29.8 Å². The number of H-pyrrole nitrogens is 2. The molecule has 1 saturated heterocycles. The van der Waals surface area contributed by atoms with E-state index in [1.54, 1.807) is 54.7 Å². The van der Waals surface area contributed by atoms with E-state index in [0.29, 0.717) is 46.1 Å². The normalized spacial score (nSPS) is 21.3. The molecule has 0 spiro atoms. The summed E-state index contributed by atoms with van der Waals surface area (Å²) < 4.78 is 5.86. The van der Waals surface area contributed by atoms with E-state index >= 15 is 4.79 Å². The van der Waals surface area contributed by atoms with Crippen molar-refractivity contribution in [3.8, 4) is 0 Å². The van der Waals surface area contributed by atoms with Crippen molar-refractivity contribution in [2.75, 3.05) is 26.2 Å². The molecular weight excluding hydrogens is 1550 g/mol. The fraction of sp³-hybridized carbons (Fsp3) is 0.539. The number of rotatable bonds is 36. The zero-order valence-electron chi connectivity index (χ0n) is 66.0. The number of amides is 14. The van der Waals surface area contributed by atoms with E-state index < -0.39 is 249 Å². The van der Waals surface area contributed by atoms with Crippen LogP contribution in [0, 0.1) is 11.8 Å². The van der Waals surface area contributed by atoms with Crippen molar-refractivity contribution in [1.82, 2.24) is 79.1 Å². The quantitative estimate of drug-likeness (QED) is 0.0154. The Hall–Kier alpha value is -12.6. The predicted molar refractivity (Wildman–Crippen MR) is 416 cm³/mol. The molecule has 4 aromatic rings. The zero-order chi connectivity index (χ0) is 87.5. The number of primary amides is 1. The molecular formula is C76H107N17O25. The van der Waals surface area contributed by atoms with Gasteiger partial charge in [-0.05, 0) is 74.8 Å². The van der Waals surface area contributed by atoms with Crippen LogP contribution in [0.1, 0.15) is 148 Å². The Balaban J connectivity index is 1.58. The Kier molecular flexibility index (Phi) is 39.1. The van der Waals surface area contributed by atoms with Crippen LogP contribution in [0.2, 0.25) is 0 Å². The number of aliphatic carboxylic acids is 4. The minimum Gasteiger partial charge on any atom is -0.481 e. The van der Waals surface area contributed by atoms with Crippen molar-refractivity contribution >= 4 is 134 Å². The smallest absolute Gasteiger partial charge is 0.329 e. The number of esters is 1. The van der Waals surface area contributed by atoms with Crippen LogP contribution in [0.15, 0.2) is 60.9 Å². The highest BCUT2D eigenvalue weighted by molar-refractivity contribution is 6.02. The van der Waals surface area contributed by atoms with E-state index in [4.69, 9.17) is 16.2 Å². The molecule has 1 aliphatic rings. The molecule has 0 bridgehead atoms. The van der Waals surface area contributed by atoms with Gasteiger partial charge in [-0.25, -0.2) is 4.79 Å². The van der Waals surface area contributed by atoms with E-state index in [-0.39, 0.29) is 37.8 Å². The van der Waals surface area contributed by atoms with Crippen molar-refractivity contribution in [2.24, 2.45) is 23.3 Å². The molecule has 2 aromatic heterocycles. The van der Waals surface area contributed by atoms with Crippen LogP contribution in [0.25, 0.3) is 21.8 Å². The van der Waals surface area contributed by atoms with Crippen molar-refractivity contribution < 1.29 is 121 Å². The van der Waals surface area contributed by atoms with E-state index in [2.05, 4.69) is 82.3 Å². The molecule has 42 nitrogen and oxygen atoms in total. The van der Waals surface area contributed by atoms with Crippen LogP contribution in [0.3, 0.4) is 0 Å².